The summed E-state index contributed by atoms with van der Waals surface area (Å²) < 4.78 is 5.97. The molecule has 0 atom stereocenters. The molecular weight excluding hydrogens is 412 g/mol. The van der Waals surface area contributed by atoms with Gasteiger partial charge in [0, 0.05) is 16.1 Å². The highest BCUT2D eigenvalue weighted by Gasteiger charge is 2.33. The highest BCUT2D eigenvalue weighted by Crippen LogP contribution is 2.26. The van der Waals surface area contributed by atoms with Gasteiger partial charge in [-0.15, -0.1) is 0 Å². The molecule has 154 valence electrons. The molecule has 31 heavy (non-hydrogen) atoms. The van der Waals surface area contributed by atoms with Crippen LogP contribution in [0.15, 0.2) is 89.5 Å². The third kappa shape index (κ3) is 4.57. The Morgan fingerprint density at radius 2 is 1.68 bits per heavy atom. The molecule has 4 rings (SSSR count). The van der Waals surface area contributed by atoms with E-state index in [1.807, 2.05) is 54.6 Å². The van der Waals surface area contributed by atoms with Gasteiger partial charge in [-0.3, -0.25) is 9.59 Å². The van der Waals surface area contributed by atoms with Gasteiger partial charge < -0.3 is 4.74 Å². The summed E-state index contributed by atoms with van der Waals surface area (Å²) in [6.45, 7) is 2.07. The van der Waals surface area contributed by atoms with Crippen molar-refractivity contribution in [1.29, 1.82) is 0 Å². The van der Waals surface area contributed by atoms with Gasteiger partial charge in [0.15, 0.2) is 0 Å². The Labute approximate surface area is 185 Å². The number of hydrogen-bond acceptors (Lipinski definition) is 4. The first-order chi connectivity index (χ1) is 15.0. The Balaban J connectivity index is 1.56. The standard InChI is InChI=1S/C25H19ClN2O3/c1-17-22(25(30)28(27-17)24(29)19-7-3-2-4-8-19)15-20-9-5-6-10-23(20)31-16-18-11-13-21(26)14-12-18/h2-15H,16H2,1H3/b22-15+. The Bertz CT molecular complexity index is 1180. The predicted octanol–water partition coefficient (Wildman–Crippen LogP) is 5.36. The van der Waals surface area contributed by atoms with E-state index in [2.05, 4.69) is 5.10 Å². The predicted molar refractivity (Wildman–Crippen MR) is 121 cm³/mol. The number of carbonyl (C=O) groups is 2. The number of carbonyl (C=O) groups excluding carboxylic acids is 2. The summed E-state index contributed by atoms with van der Waals surface area (Å²) in [5.41, 5.74) is 2.93. The van der Waals surface area contributed by atoms with Crippen LogP contribution in [-0.4, -0.2) is 22.5 Å². The Hall–Kier alpha value is -3.70. The van der Waals surface area contributed by atoms with Crippen LogP contribution in [0.3, 0.4) is 0 Å². The summed E-state index contributed by atoms with van der Waals surface area (Å²) in [7, 11) is 0. The first-order valence-corrected chi connectivity index (χ1v) is 10.1. The van der Waals surface area contributed by atoms with Gasteiger partial charge in [0.2, 0.25) is 0 Å². The molecule has 1 aliphatic heterocycles. The molecule has 0 N–H and O–H groups in total. The van der Waals surface area contributed by atoms with Crippen LogP contribution >= 0.6 is 11.6 Å². The normalized spacial score (nSPS) is 14.6. The summed E-state index contributed by atoms with van der Waals surface area (Å²) in [5, 5.41) is 5.76. The molecule has 0 bridgehead atoms. The van der Waals surface area contributed by atoms with E-state index in [0.29, 0.717) is 34.2 Å². The average Bonchev–Trinajstić information content (AvgIpc) is 3.08. The highest BCUT2D eigenvalue weighted by molar-refractivity contribution is 6.31. The van der Waals surface area contributed by atoms with E-state index >= 15 is 0 Å². The molecule has 0 aromatic heterocycles. The smallest absolute Gasteiger partial charge is 0.283 e. The third-order valence-electron chi connectivity index (χ3n) is 4.80. The minimum Gasteiger partial charge on any atom is -0.488 e. The van der Waals surface area contributed by atoms with Crippen LogP contribution in [0, 0.1) is 0 Å². The number of rotatable bonds is 5. The fourth-order valence-corrected chi connectivity index (χ4v) is 3.28. The number of hydrazone groups is 1. The first-order valence-electron chi connectivity index (χ1n) is 9.70. The van der Waals surface area contributed by atoms with E-state index in [4.69, 9.17) is 16.3 Å². The minimum atomic E-state index is -0.459. The van der Waals surface area contributed by atoms with E-state index in [1.54, 1.807) is 37.3 Å². The van der Waals surface area contributed by atoms with Crippen molar-refractivity contribution < 1.29 is 14.3 Å². The molecule has 0 unspecified atom stereocenters. The van der Waals surface area contributed by atoms with Crippen LogP contribution < -0.4 is 4.74 Å². The van der Waals surface area contributed by atoms with Crippen LogP contribution in [0.5, 0.6) is 5.75 Å². The molecule has 1 aliphatic rings. The van der Waals surface area contributed by atoms with E-state index in [-0.39, 0.29) is 0 Å². The molecule has 3 aromatic carbocycles. The number of imide groups is 1. The molecule has 0 fully saturated rings. The number of halogens is 1. The maximum atomic E-state index is 12.9. The van der Waals surface area contributed by atoms with Crippen LogP contribution in [-0.2, 0) is 11.4 Å². The molecule has 2 amide bonds. The zero-order valence-corrected chi connectivity index (χ0v) is 17.5. The lowest BCUT2D eigenvalue weighted by Gasteiger charge is -2.11. The van der Waals surface area contributed by atoms with Crippen molar-refractivity contribution in [3.63, 3.8) is 0 Å². The lowest BCUT2D eigenvalue weighted by molar-refractivity contribution is -0.123. The SMILES string of the molecule is CC1=NN(C(=O)c2ccccc2)C(=O)/C1=C/c1ccccc1OCc1ccc(Cl)cc1. The second-order valence-electron chi connectivity index (χ2n) is 6.98. The Kier molecular flexibility index (Phi) is 5.96. The van der Waals surface area contributed by atoms with Crippen molar-refractivity contribution in [2.75, 3.05) is 0 Å². The number of benzene rings is 3. The summed E-state index contributed by atoms with van der Waals surface area (Å²) in [6.07, 6.45) is 1.70. The van der Waals surface area contributed by atoms with Crippen molar-refractivity contribution in [2.24, 2.45) is 5.10 Å². The largest absolute Gasteiger partial charge is 0.488 e. The third-order valence-corrected chi connectivity index (χ3v) is 5.05. The van der Waals surface area contributed by atoms with E-state index < -0.39 is 11.8 Å². The monoisotopic (exact) mass is 430 g/mol. The van der Waals surface area contributed by atoms with Gasteiger partial charge in [-0.25, -0.2) is 0 Å². The zero-order valence-electron chi connectivity index (χ0n) is 16.8. The van der Waals surface area contributed by atoms with Crippen molar-refractivity contribution >= 4 is 35.2 Å². The number of hydrogen-bond donors (Lipinski definition) is 0. The molecule has 3 aromatic rings. The Morgan fingerprint density at radius 1 is 1.00 bits per heavy atom. The highest BCUT2D eigenvalue weighted by atomic mass is 35.5. The molecule has 0 saturated carbocycles. The molecule has 5 nitrogen and oxygen atoms in total. The number of para-hydroxylation sites is 1. The van der Waals surface area contributed by atoms with Gasteiger partial charge in [0.1, 0.15) is 12.4 Å². The lowest BCUT2D eigenvalue weighted by atomic mass is 10.1. The van der Waals surface area contributed by atoms with Gasteiger partial charge in [-0.2, -0.15) is 10.1 Å². The quantitative estimate of drug-likeness (QED) is 0.404. The van der Waals surface area contributed by atoms with Crippen molar-refractivity contribution in [3.05, 3.63) is 106 Å². The van der Waals surface area contributed by atoms with Crippen LogP contribution in [0.1, 0.15) is 28.4 Å². The number of amides is 2. The van der Waals surface area contributed by atoms with Crippen molar-refractivity contribution in [3.8, 4) is 5.75 Å². The second kappa shape index (κ2) is 8.98. The van der Waals surface area contributed by atoms with Crippen LogP contribution in [0.4, 0.5) is 0 Å². The molecule has 6 heteroatoms. The molecule has 0 aliphatic carbocycles. The fraction of sp³-hybridized carbons (Fsp3) is 0.0800. The van der Waals surface area contributed by atoms with E-state index in [1.165, 1.54) is 0 Å². The molecule has 0 spiro atoms. The molecule has 0 radical (unpaired) electrons. The first kappa shape index (κ1) is 20.6. The maximum Gasteiger partial charge on any atom is 0.283 e. The summed E-state index contributed by atoms with van der Waals surface area (Å²) in [4.78, 5) is 25.6. The van der Waals surface area contributed by atoms with Crippen LogP contribution in [0.2, 0.25) is 5.02 Å². The number of nitrogens with zero attached hydrogens (tertiary/aromatic N) is 2. The summed E-state index contributed by atoms with van der Waals surface area (Å²) in [6, 6.07) is 23.4. The fourth-order valence-electron chi connectivity index (χ4n) is 3.15. The van der Waals surface area contributed by atoms with Gasteiger partial charge >= 0.3 is 0 Å². The van der Waals surface area contributed by atoms with Crippen molar-refractivity contribution in [2.45, 2.75) is 13.5 Å². The number of ether oxygens (including phenoxy) is 1. The van der Waals surface area contributed by atoms with Gasteiger partial charge in [-0.05, 0) is 48.9 Å². The van der Waals surface area contributed by atoms with Gasteiger partial charge in [0.05, 0.1) is 11.3 Å². The minimum absolute atomic E-state index is 0.354. The van der Waals surface area contributed by atoms with Crippen LogP contribution in [0.25, 0.3) is 6.08 Å². The Morgan fingerprint density at radius 3 is 2.42 bits per heavy atom. The molecule has 1 heterocycles. The maximum absolute atomic E-state index is 12.9. The zero-order chi connectivity index (χ0) is 21.8. The topological polar surface area (TPSA) is 59.0 Å². The summed E-state index contributed by atoms with van der Waals surface area (Å²) in [5.74, 6) is -0.294. The summed E-state index contributed by atoms with van der Waals surface area (Å²) >= 11 is 5.93. The van der Waals surface area contributed by atoms with E-state index in [9.17, 15) is 9.59 Å². The van der Waals surface area contributed by atoms with E-state index in [0.717, 1.165) is 16.1 Å². The lowest BCUT2D eigenvalue weighted by Crippen LogP contribution is -2.29. The van der Waals surface area contributed by atoms with Crippen molar-refractivity contribution in [1.82, 2.24) is 5.01 Å². The average molecular weight is 431 g/mol. The molecular formula is C25H19ClN2O3. The second-order valence-corrected chi connectivity index (χ2v) is 7.42. The molecule has 0 saturated heterocycles. The van der Waals surface area contributed by atoms with Gasteiger partial charge in [-0.1, -0.05) is 60.1 Å². The van der Waals surface area contributed by atoms with Gasteiger partial charge in [0.25, 0.3) is 11.8 Å².